The van der Waals surface area contributed by atoms with Gasteiger partial charge in [-0.3, -0.25) is 19.7 Å². The molecule has 2 bridgehead atoms. The second-order valence-electron chi connectivity index (χ2n) is 9.58. The van der Waals surface area contributed by atoms with E-state index in [2.05, 4.69) is 32.1 Å². The second-order valence-corrected chi connectivity index (χ2v) is 9.58. The zero-order valence-electron chi connectivity index (χ0n) is 18.8. The Labute approximate surface area is 188 Å². The van der Waals surface area contributed by atoms with Crippen LogP contribution in [0.1, 0.15) is 40.5 Å². The van der Waals surface area contributed by atoms with Gasteiger partial charge in [0, 0.05) is 62.1 Å². The number of fused-ring (bicyclic) bond motifs is 4. The van der Waals surface area contributed by atoms with Gasteiger partial charge in [0.15, 0.2) is 0 Å². The second kappa shape index (κ2) is 8.56. The maximum atomic E-state index is 13.3. The van der Waals surface area contributed by atoms with E-state index in [4.69, 9.17) is 0 Å². The Morgan fingerprint density at radius 3 is 2.81 bits per heavy atom. The van der Waals surface area contributed by atoms with Crippen molar-refractivity contribution in [2.75, 3.05) is 20.1 Å². The van der Waals surface area contributed by atoms with Crippen LogP contribution in [-0.2, 0) is 26.2 Å². The van der Waals surface area contributed by atoms with Crippen molar-refractivity contribution in [3.8, 4) is 5.75 Å². The van der Waals surface area contributed by atoms with Gasteiger partial charge in [-0.2, -0.15) is 5.10 Å². The van der Waals surface area contributed by atoms with Gasteiger partial charge in [0.1, 0.15) is 5.75 Å². The van der Waals surface area contributed by atoms with Crippen molar-refractivity contribution < 1.29 is 5.11 Å². The Morgan fingerprint density at radius 2 is 2.03 bits per heavy atom. The van der Waals surface area contributed by atoms with Crippen LogP contribution in [0.4, 0.5) is 0 Å². The minimum absolute atomic E-state index is 0.149. The van der Waals surface area contributed by atoms with Gasteiger partial charge in [0.25, 0.3) is 5.56 Å². The number of aromatic hydroxyl groups is 1. The highest BCUT2D eigenvalue weighted by molar-refractivity contribution is 5.27. The molecule has 2 aromatic heterocycles. The fourth-order valence-corrected chi connectivity index (χ4v) is 5.44. The van der Waals surface area contributed by atoms with E-state index in [1.807, 2.05) is 36.7 Å². The summed E-state index contributed by atoms with van der Waals surface area (Å²) in [5, 5.41) is 17.1. The molecule has 1 saturated heterocycles. The zero-order chi connectivity index (χ0) is 22.2. The maximum Gasteiger partial charge on any atom is 0.255 e. The number of pyridine rings is 1. The van der Waals surface area contributed by atoms with Gasteiger partial charge in [-0.25, -0.2) is 0 Å². The lowest BCUT2D eigenvalue weighted by Gasteiger charge is -2.42. The SMILES string of the molecule is Cc1cc(CN2C[C@@H]3C[C@H](C2)c2ccc(CN(C)Cc4cccc(O)c4)c(=O)n2C3)n[nH]1. The number of benzene rings is 1. The van der Waals surface area contributed by atoms with E-state index >= 15 is 0 Å². The number of phenols is 1. The van der Waals surface area contributed by atoms with Crippen molar-refractivity contribution in [1.29, 1.82) is 0 Å². The van der Waals surface area contributed by atoms with E-state index in [1.54, 1.807) is 12.1 Å². The van der Waals surface area contributed by atoms with Gasteiger partial charge in [-0.1, -0.05) is 18.2 Å². The fraction of sp³-hybridized carbons (Fsp3) is 0.440. The Balaban J connectivity index is 1.30. The van der Waals surface area contributed by atoms with Crippen molar-refractivity contribution in [2.24, 2.45) is 5.92 Å². The first-order valence-corrected chi connectivity index (χ1v) is 11.4. The van der Waals surface area contributed by atoms with Crippen molar-refractivity contribution in [2.45, 2.75) is 45.4 Å². The minimum atomic E-state index is 0.149. The quantitative estimate of drug-likeness (QED) is 0.625. The molecular weight excluding hydrogens is 402 g/mol. The van der Waals surface area contributed by atoms with E-state index in [-0.39, 0.29) is 11.3 Å². The Kier molecular flexibility index (Phi) is 5.61. The molecule has 2 aliphatic heterocycles. The summed E-state index contributed by atoms with van der Waals surface area (Å²) in [6.45, 7) is 6.94. The van der Waals surface area contributed by atoms with E-state index in [9.17, 15) is 9.90 Å². The molecule has 3 aromatic rings. The molecule has 4 heterocycles. The zero-order valence-corrected chi connectivity index (χ0v) is 18.8. The molecule has 1 fully saturated rings. The summed E-state index contributed by atoms with van der Waals surface area (Å²) in [6.07, 6.45) is 1.16. The summed E-state index contributed by atoms with van der Waals surface area (Å²) in [6, 6.07) is 13.6. The van der Waals surface area contributed by atoms with Gasteiger partial charge in [0.05, 0.1) is 5.69 Å². The van der Waals surface area contributed by atoms with Crippen LogP contribution in [0.5, 0.6) is 5.75 Å². The Morgan fingerprint density at radius 1 is 1.16 bits per heavy atom. The smallest absolute Gasteiger partial charge is 0.255 e. The number of aryl methyl sites for hydroxylation is 1. The third kappa shape index (κ3) is 4.36. The van der Waals surface area contributed by atoms with Gasteiger partial charge < -0.3 is 9.67 Å². The number of hydrogen-bond donors (Lipinski definition) is 2. The lowest BCUT2D eigenvalue weighted by molar-refractivity contribution is 0.113. The molecule has 1 aromatic carbocycles. The number of phenolic OH excluding ortho intramolecular Hbond substituents is 1. The summed E-state index contributed by atoms with van der Waals surface area (Å²) in [4.78, 5) is 17.9. The Bertz CT molecular complexity index is 1170. The largest absolute Gasteiger partial charge is 0.508 e. The number of piperidine rings is 1. The van der Waals surface area contributed by atoms with Gasteiger partial charge in [0.2, 0.25) is 0 Å². The summed E-state index contributed by atoms with van der Waals surface area (Å²) >= 11 is 0. The maximum absolute atomic E-state index is 13.3. The molecular formula is C25H31N5O2. The number of rotatable bonds is 6. The van der Waals surface area contributed by atoms with Crippen LogP contribution in [0.15, 0.2) is 47.3 Å². The molecule has 0 saturated carbocycles. The van der Waals surface area contributed by atoms with E-state index in [0.29, 0.717) is 24.9 Å². The number of aromatic nitrogens is 3. The van der Waals surface area contributed by atoms with Crippen molar-refractivity contribution in [1.82, 2.24) is 24.6 Å². The average Bonchev–Trinajstić information content (AvgIpc) is 3.15. The highest BCUT2D eigenvalue weighted by Crippen LogP contribution is 2.35. The van der Waals surface area contributed by atoms with Gasteiger partial charge in [-0.15, -0.1) is 0 Å². The molecule has 7 nitrogen and oxygen atoms in total. The first-order valence-electron chi connectivity index (χ1n) is 11.4. The summed E-state index contributed by atoms with van der Waals surface area (Å²) in [5.41, 5.74) is 5.37. The molecule has 0 radical (unpaired) electrons. The minimum Gasteiger partial charge on any atom is -0.508 e. The van der Waals surface area contributed by atoms with Crippen LogP contribution in [0.2, 0.25) is 0 Å². The van der Waals surface area contributed by atoms with Crippen LogP contribution in [-0.4, -0.2) is 49.8 Å². The molecule has 0 amide bonds. The summed E-state index contributed by atoms with van der Waals surface area (Å²) in [7, 11) is 2.01. The van der Waals surface area contributed by atoms with Gasteiger partial charge >= 0.3 is 0 Å². The standard InChI is InChI=1S/C25H31N5O2/c1-17-8-22(27-26-17)16-29-12-19-9-21(15-29)24-7-6-20(25(32)30(24)13-19)14-28(2)11-18-4-3-5-23(31)10-18/h3-8,10,19,21,31H,9,11-16H2,1-2H3,(H,26,27)/t19-,21+/m0/s1. The summed E-state index contributed by atoms with van der Waals surface area (Å²) < 4.78 is 2.03. The van der Waals surface area contributed by atoms with Crippen molar-refractivity contribution >= 4 is 0 Å². The molecule has 7 heteroatoms. The first-order chi connectivity index (χ1) is 15.4. The third-order valence-corrected chi connectivity index (χ3v) is 6.71. The first kappa shape index (κ1) is 21.0. The van der Waals surface area contributed by atoms with Crippen LogP contribution >= 0.6 is 0 Å². The highest BCUT2D eigenvalue weighted by Gasteiger charge is 2.35. The molecule has 32 heavy (non-hydrogen) atoms. The molecule has 5 rings (SSSR count). The number of nitrogens with zero attached hydrogens (tertiary/aromatic N) is 4. The molecule has 2 aliphatic rings. The van der Waals surface area contributed by atoms with Crippen molar-refractivity contribution in [3.05, 3.63) is 81.0 Å². The van der Waals surface area contributed by atoms with Crippen LogP contribution in [0.25, 0.3) is 0 Å². The predicted octanol–water partition coefficient (Wildman–Crippen LogP) is 2.84. The van der Waals surface area contributed by atoms with E-state index in [1.165, 1.54) is 5.69 Å². The monoisotopic (exact) mass is 433 g/mol. The fourth-order valence-electron chi connectivity index (χ4n) is 5.44. The molecule has 0 unspecified atom stereocenters. The average molecular weight is 434 g/mol. The number of aromatic amines is 1. The van der Waals surface area contributed by atoms with Crippen LogP contribution in [0.3, 0.4) is 0 Å². The van der Waals surface area contributed by atoms with E-state index < -0.39 is 0 Å². The van der Waals surface area contributed by atoms with Crippen LogP contribution < -0.4 is 5.56 Å². The van der Waals surface area contributed by atoms with E-state index in [0.717, 1.165) is 55.1 Å². The summed E-state index contributed by atoms with van der Waals surface area (Å²) in [5.74, 6) is 1.17. The number of hydrogen-bond acceptors (Lipinski definition) is 5. The molecule has 2 N–H and O–H groups in total. The molecule has 0 spiro atoms. The van der Waals surface area contributed by atoms with Crippen molar-refractivity contribution in [3.63, 3.8) is 0 Å². The molecule has 2 atom stereocenters. The lowest BCUT2D eigenvalue weighted by atomic mass is 9.83. The number of H-pyrrole nitrogens is 1. The topological polar surface area (TPSA) is 77.4 Å². The number of nitrogens with one attached hydrogen (secondary N) is 1. The third-order valence-electron chi connectivity index (χ3n) is 6.71. The predicted molar refractivity (Wildman–Crippen MR) is 123 cm³/mol. The highest BCUT2D eigenvalue weighted by atomic mass is 16.3. The molecule has 168 valence electrons. The van der Waals surface area contributed by atoms with Gasteiger partial charge in [-0.05, 0) is 56.1 Å². The normalized spacial score (nSPS) is 20.5. The lowest BCUT2D eigenvalue weighted by Crippen LogP contribution is -2.47. The van der Waals surface area contributed by atoms with Crippen LogP contribution in [0, 0.1) is 12.8 Å². The Hall–Kier alpha value is -2.90. The number of likely N-dealkylation sites (tertiary alicyclic amines) is 1. The molecule has 0 aliphatic carbocycles.